The van der Waals surface area contributed by atoms with Crippen molar-refractivity contribution in [3.05, 3.63) is 0 Å². The summed E-state index contributed by atoms with van der Waals surface area (Å²) in [6.45, 7) is 5.02. The van der Waals surface area contributed by atoms with Gasteiger partial charge in [0.15, 0.2) is 0 Å². The lowest BCUT2D eigenvalue weighted by Gasteiger charge is -2.26. The normalized spacial score (nSPS) is 9.83. The Hall–Kier alpha value is -2.07. The Balaban J connectivity index is 4.74. The fraction of sp³-hybridized carbons (Fsp3) is 0.688. The van der Waals surface area contributed by atoms with Gasteiger partial charge in [-0.05, 0) is 19.4 Å². The van der Waals surface area contributed by atoms with E-state index in [1.165, 1.54) is 16.9 Å². The molecule has 0 aliphatic heterocycles. The van der Waals surface area contributed by atoms with Crippen molar-refractivity contribution >= 4 is 17.8 Å². The number of amides is 2. The van der Waals surface area contributed by atoms with Crippen molar-refractivity contribution in [2.24, 2.45) is 0 Å². The molecule has 0 bridgehead atoms. The summed E-state index contributed by atoms with van der Waals surface area (Å²) in [5, 5.41) is 3.02. The molecule has 0 aliphatic rings. The molecule has 2 amide bonds. The zero-order valence-electron chi connectivity index (χ0n) is 14.3. The zero-order valence-corrected chi connectivity index (χ0v) is 14.3. The number of rotatable bonds is 11. The number of hydrogen-bond acceptors (Lipinski definition) is 5. The lowest BCUT2D eigenvalue weighted by atomic mass is 10.3. The van der Waals surface area contributed by atoms with E-state index in [2.05, 4.69) is 16.0 Å². The average molecular weight is 325 g/mol. The van der Waals surface area contributed by atoms with E-state index in [0.717, 1.165) is 19.4 Å². The fourth-order valence-corrected chi connectivity index (χ4v) is 1.87. The highest BCUT2D eigenvalue weighted by Crippen LogP contribution is 1.98. The molecule has 0 rings (SSSR count). The van der Waals surface area contributed by atoms with E-state index >= 15 is 0 Å². The number of esters is 1. The zero-order chi connectivity index (χ0) is 17.7. The van der Waals surface area contributed by atoms with E-state index in [-0.39, 0.29) is 38.0 Å². The molecule has 0 radical (unpaired) electrons. The van der Waals surface area contributed by atoms with Gasteiger partial charge in [0.25, 0.3) is 0 Å². The summed E-state index contributed by atoms with van der Waals surface area (Å²) in [4.78, 5) is 38.5. The predicted octanol–water partition coefficient (Wildman–Crippen LogP) is -0.141. The Morgan fingerprint density at radius 1 is 1.09 bits per heavy atom. The number of ether oxygens (including phenoxy) is 1. The smallest absolute Gasteiger partial charge is 0.325 e. The van der Waals surface area contributed by atoms with Crippen LogP contribution in [0.5, 0.6) is 0 Å². The Kier molecular flexibility index (Phi) is 11.3. The molecule has 0 atom stereocenters. The Morgan fingerprint density at radius 2 is 1.78 bits per heavy atom. The first-order valence-corrected chi connectivity index (χ1v) is 7.76. The fourth-order valence-electron chi connectivity index (χ4n) is 1.87. The standard InChI is InChI=1S/C16H27N3O4/c1-5-8-17-11-14(20)18(9-6-2)12-15(21)19(10-7-3)13-16(22)23-4/h3,17H,5-6,8-13H2,1-2,4H3. The number of hydrogen-bond donors (Lipinski definition) is 1. The average Bonchev–Trinajstić information content (AvgIpc) is 2.53. The van der Waals surface area contributed by atoms with Crippen LogP contribution in [0.1, 0.15) is 26.7 Å². The molecule has 0 unspecified atom stereocenters. The van der Waals surface area contributed by atoms with Gasteiger partial charge in [0, 0.05) is 6.54 Å². The molecular formula is C16H27N3O4. The number of nitrogens with zero attached hydrogens (tertiary/aromatic N) is 2. The molecule has 0 aromatic heterocycles. The molecule has 0 saturated carbocycles. The van der Waals surface area contributed by atoms with Crippen LogP contribution in [0.2, 0.25) is 0 Å². The van der Waals surface area contributed by atoms with Crippen LogP contribution in [0, 0.1) is 12.3 Å². The summed E-state index contributed by atoms with van der Waals surface area (Å²) >= 11 is 0. The second-order valence-corrected chi connectivity index (χ2v) is 5.02. The summed E-state index contributed by atoms with van der Waals surface area (Å²) in [5.41, 5.74) is 0. The Labute approximate surface area is 138 Å². The minimum atomic E-state index is -0.549. The van der Waals surface area contributed by atoms with Crippen molar-refractivity contribution in [3.8, 4) is 12.3 Å². The van der Waals surface area contributed by atoms with Gasteiger partial charge in [0.2, 0.25) is 11.8 Å². The maximum absolute atomic E-state index is 12.3. The summed E-state index contributed by atoms with van der Waals surface area (Å²) in [6, 6.07) is 0. The third kappa shape index (κ3) is 8.83. The van der Waals surface area contributed by atoms with Crippen molar-refractivity contribution in [2.45, 2.75) is 26.7 Å². The molecule has 7 nitrogen and oxygen atoms in total. The Bertz CT molecular complexity index is 432. The van der Waals surface area contributed by atoms with E-state index in [4.69, 9.17) is 6.42 Å². The summed E-state index contributed by atoms with van der Waals surface area (Å²) in [5.74, 6) is 1.27. The van der Waals surface area contributed by atoms with Crippen LogP contribution in [-0.2, 0) is 19.1 Å². The number of methoxy groups -OCH3 is 1. The van der Waals surface area contributed by atoms with Gasteiger partial charge in [-0.3, -0.25) is 14.4 Å². The van der Waals surface area contributed by atoms with Gasteiger partial charge in [-0.15, -0.1) is 6.42 Å². The summed E-state index contributed by atoms with van der Waals surface area (Å²) in [7, 11) is 1.24. The third-order valence-corrected chi connectivity index (χ3v) is 3.06. The van der Waals surface area contributed by atoms with Crippen LogP contribution in [0.15, 0.2) is 0 Å². The number of carbonyl (C=O) groups excluding carboxylic acids is 3. The highest BCUT2D eigenvalue weighted by atomic mass is 16.5. The van der Waals surface area contributed by atoms with Gasteiger partial charge >= 0.3 is 5.97 Å². The van der Waals surface area contributed by atoms with Gasteiger partial charge in [0.05, 0.1) is 26.7 Å². The van der Waals surface area contributed by atoms with Crippen molar-refractivity contribution in [2.75, 3.05) is 46.4 Å². The van der Waals surface area contributed by atoms with Crippen LogP contribution < -0.4 is 5.32 Å². The minimum Gasteiger partial charge on any atom is -0.468 e. The molecule has 0 aromatic rings. The van der Waals surface area contributed by atoms with Crippen LogP contribution >= 0.6 is 0 Å². The molecule has 130 valence electrons. The first-order chi connectivity index (χ1) is 11.0. The SMILES string of the molecule is C#CCN(CC(=O)OC)C(=O)CN(CCC)C(=O)CNCCC. The molecule has 0 fully saturated rings. The number of carbonyl (C=O) groups is 3. The van der Waals surface area contributed by atoms with E-state index in [0.29, 0.717) is 6.54 Å². The molecule has 0 saturated heterocycles. The molecule has 23 heavy (non-hydrogen) atoms. The topological polar surface area (TPSA) is 79.0 Å². The lowest BCUT2D eigenvalue weighted by molar-refractivity contribution is -0.148. The monoisotopic (exact) mass is 325 g/mol. The van der Waals surface area contributed by atoms with Crippen molar-refractivity contribution in [1.82, 2.24) is 15.1 Å². The molecule has 0 aliphatic carbocycles. The van der Waals surface area contributed by atoms with Crippen LogP contribution in [0.3, 0.4) is 0 Å². The summed E-state index contributed by atoms with van der Waals surface area (Å²) in [6.07, 6.45) is 6.89. The largest absolute Gasteiger partial charge is 0.468 e. The summed E-state index contributed by atoms with van der Waals surface area (Å²) < 4.78 is 4.55. The van der Waals surface area contributed by atoms with E-state index in [9.17, 15) is 14.4 Å². The van der Waals surface area contributed by atoms with Crippen molar-refractivity contribution in [3.63, 3.8) is 0 Å². The molecule has 1 N–H and O–H groups in total. The lowest BCUT2D eigenvalue weighted by Crippen LogP contribution is -2.47. The van der Waals surface area contributed by atoms with Gasteiger partial charge in [-0.2, -0.15) is 0 Å². The minimum absolute atomic E-state index is 0.00380. The van der Waals surface area contributed by atoms with Gasteiger partial charge in [-0.1, -0.05) is 19.8 Å². The number of nitrogens with one attached hydrogen (secondary N) is 1. The van der Waals surface area contributed by atoms with Crippen LogP contribution in [0.4, 0.5) is 0 Å². The Morgan fingerprint density at radius 3 is 2.30 bits per heavy atom. The molecule has 0 aromatic carbocycles. The van der Waals surface area contributed by atoms with Gasteiger partial charge < -0.3 is 19.9 Å². The predicted molar refractivity (Wildman–Crippen MR) is 87.5 cm³/mol. The van der Waals surface area contributed by atoms with Gasteiger partial charge in [0.1, 0.15) is 6.54 Å². The molecule has 0 spiro atoms. The second kappa shape index (κ2) is 12.5. The molecule has 7 heteroatoms. The highest BCUT2D eigenvalue weighted by Gasteiger charge is 2.22. The van der Waals surface area contributed by atoms with Crippen LogP contribution in [0.25, 0.3) is 0 Å². The van der Waals surface area contributed by atoms with E-state index < -0.39 is 5.97 Å². The quantitative estimate of drug-likeness (QED) is 0.325. The van der Waals surface area contributed by atoms with E-state index in [1.54, 1.807) is 0 Å². The maximum atomic E-state index is 12.3. The van der Waals surface area contributed by atoms with Crippen molar-refractivity contribution in [1.29, 1.82) is 0 Å². The first kappa shape index (κ1) is 20.9. The third-order valence-electron chi connectivity index (χ3n) is 3.06. The van der Waals surface area contributed by atoms with Gasteiger partial charge in [-0.25, -0.2) is 0 Å². The first-order valence-electron chi connectivity index (χ1n) is 7.76. The van der Waals surface area contributed by atoms with E-state index in [1.807, 2.05) is 13.8 Å². The molecular weight excluding hydrogens is 298 g/mol. The van der Waals surface area contributed by atoms with Crippen molar-refractivity contribution < 1.29 is 19.1 Å². The second-order valence-electron chi connectivity index (χ2n) is 5.02. The highest BCUT2D eigenvalue weighted by molar-refractivity contribution is 5.87. The maximum Gasteiger partial charge on any atom is 0.325 e. The number of terminal acetylenes is 1. The molecule has 0 heterocycles. The van der Waals surface area contributed by atoms with Crippen LogP contribution in [-0.4, -0.2) is 74.0 Å².